The summed E-state index contributed by atoms with van der Waals surface area (Å²) in [4.78, 5) is 25.1. The van der Waals surface area contributed by atoms with Crippen LogP contribution in [0.5, 0.6) is 5.75 Å². The normalized spacial score (nSPS) is 17.7. The minimum atomic E-state index is -0.134. The van der Waals surface area contributed by atoms with Crippen LogP contribution in [0, 0.1) is 0 Å². The summed E-state index contributed by atoms with van der Waals surface area (Å²) < 4.78 is 5.80. The maximum absolute atomic E-state index is 13.0. The van der Waals surface area contributed by atoms with Crippen LogP contribution in [0.2, 0.25) is 0 Å². The number of nitrogens with one attached hydrogen (secondary N) is 2. The standard InChI is InChI=1S/C23H28N2O3/c26-22(24-19-11-12-19)15-28-21-14-17-8-6-5-7-16(17)13-20(21)23(27)25-18-9-3-1-2-4-10-18/h5-8,13-14,18-19H,1-4,9-12,15H2,(H,24,26)(H,25,27). The highest BCUT2D eigenvalue weighted by Gasteiger charge is 2.24. The number of carbonyl (C=O) groups excluding carboxylic acids is 2. The number of benzene rings is 2. The fourth-order valence-corrected chi connectivity index (χ4v) is 3.84. The summed E-state index contributed by atoms with van der Waals surface area (Å²) in [6, 6.07) is 12.1. The maximum atomic E-state index is 13.0. The molecule has 0 aliphatic heterocycles. The summed E-state index contributed by atoms with van der Waals surface area (Å²) in [5.41, 5.74) is 0.502. The highest BCUT2D eigenvalue weighted by Crippen LogP contribution is 2.27. The van der Waals surface area contributed by atoms with Crippen molar-refractivity contribution in [3.05, 3.63) is 42.0 Å². The van der Waals surface area contributed by atoms with Crippen molar-refractivity contribution in [2.75, 3.05) is 6.61 Å². The van der Waals surface area contributed by atoms with Gasteiger partial charge < -0.3 is 15.4 Å². The van der Waals surface area contributed by atoms with Gasteiger partial charge in [0, 0.05) is 12.1 Å². The van der Waals surface area contributed by atoms with Crippen LogP contribution in [0.15, 0.2) is 36.4 Å². The molecule has 0 saturated heterocycles. The van der Waals surface area contributed by atoms with Gasteiger partial charge in [0.1, 0.15) is 5.75 Å². The van der Waals surface area contributed by atoms with Gasteiger partial charge >= 0.3 is 0 Å². The molecule has 5 heteroatoms. The smallest absolute Gasteiger partial charge is 0.258 e. The first-order chi connectivity index (χ1) is 13.7. The molecule has 2 aromatic rings. The molecule has 2 aromatic carbocycles. The van der Waals surface area contributed by atoms with Gasteiger partial charge in [0.25, 0.3) is 11.8 Å². The third-order valence-electron chi connectivity index (χ3n) is 5.58. The van der Waals surface area contributed by atoms with Crippen LogP contribution in [-0.4, -0.2) is 30.5 Å². The number of rotatable bonds is 6. The Labute approximate surface area is 165 Å². The minimum Gasteiger partial charge on any atom is -0.483 e. The van der Waals surface area contributed by atoms with E-state index < -0.39 is 0 Å². The van der Waals surface area contributed by atoms with Gasteiger partial charge in [-0.05, 0) is 48.6 Å². The molecule has 2 amide bonds. The SMILES string of the molecule is O=C(COc1cc2ccccc2cc1C(=O)NC1CCCCCC1)NC1CC1. The van der Waals surface area contributed by atoms with Crippen molar-refractivity contribution >= 4 is 22.6 Å². The highest BCUT2D eigenvalue weighted by molar-refractivity contribution is 6.01. The number of hydrogen-bond acceptors (Lipinski definition) is 3. The molecule has 4 rings (SSSR count). The number of fused-ring (bicyclic) bond motifs is 1. The molecule has 5 nitrogen and oxygen atoms in total. The summed E-state index contributed by atoms with van der Waals surface area (Å²) in [6.07, 6.45) is 8.94. The van der Waals surface area contributed by atoms with Gasteiger partial charge in [-0.25, -0.2) is 0 Å². The zero-order chi connectivity index (χ0) is 19.3. The lowest BCUT2D eigenvalue weighted by Crippen LogP contribution is -2.35. The molecule has 28 heavy (non-hydrogen) atoms. The van der Waals surface area contributed by atoms with Crippen molar-refractivity contribution in [3.63, 3.8) is 0 Å². The van der Waals surface area contributed by atoms with Gasteiger partial charge in [-0.3, -0.25) is 9.59 Å². The summed E-state index contributed by atoms with van der Waals surface area (Å²) >= 11 is 0. The second-order valence-electron chi connectivity index (χ2n) is 7.99. The van der Waals surface area contributed by atoms with E-state index in [4.69, 9.17) is 4.74 Å². The topological polar surface area (TPSA) is 67.4 Å². The van der Waals surface area contributed by atoms with E-state index in [1.54, 1.807) is 0 Å². The van der Waals surface area contributed by atoms with E-state index in [1.165, 1.54) is 12.8 Å². The molecule has 0 spiro atoms. The number of hydrogen-bond donors (Lipinski definition) is 2. The third kappa shape index (κ3) is 4.83. The molecule has 0 heterocycles. The van der Waals surface area contributed by atoms with Crippen molar-refractivity contribution in [1.82, 2.24) is 10.6 Å². The zero-order valence-electron chi connectivity index (χ0n) is 16.2. The van der Waals surface area contributed by atoms with Crippen molar-refractivity contribution in [1.29, 1.82) is 0 Å². The van der Waals surface area contributed by atoms with Crippen molar-refractivity contribution in [2.45, 2.75) is 63.5 Å². The molecule has 2 aliphatic carbocycles. The third-order valence-corrected chi connectivity index (χ3v) is 5.58. The highest BCUT2D eigenvalue weighted by atomic mass is 16.5. The summed E-state index contributed by atoms with van der Waals surface area (Å²) in [5.74, 6) is 0.219. The second kappa shape index (κ2) is 8.63. The van der Waals surface area contributed by atoms with Gasteiger partial charge in [0.2, 0.25) is 0 Å². The molecular formula is C23H28N2O3. The molecular weight excluding hydrogens is 352 g/mol. The van der Waals surface area contributed by atoms with Crippen molar-refractivity contribution < 1.29 is 14.3 Å². The summed E-state index contributed by atoms with van der Waals surface area (Å²) in [7, 11) is 0. The lowest BCUT2D eigenvalue weighted by Gasteiger charge is -2.18. The summed E-state index contributed by atoms with van der Waals surface area (Å²) in [6.45, 7) is -0.0709. The van der Waals surface area contributed by atoms with Crippen molar-refractivity contribution in [3.8, 4) is 5.75 Å². The fourth-order valence-electron chi connectivity index (χ4n) is 3.84. The molecule has 0 atom stereocenters. The molecule has 0 bridgehead atoms. The van der Waals surface area contributed by atoms with Crippen LogP contribution < -0.4 is 15.4 Å². The van der Waals surface area contributed by atoms with E-state index in [-0.39, 0.29) is 24.5 Å². The average molecular weight is 380 g/mol. The Balaban J connectivity index is 1.53. The Morgan fingerprint density at radius 2 is 1.50 bits per heavy atom. The first kappa shape index (κ1) is 18.8. The number of ether oxygens (including phenoxy) is 1. The van der Waals surface area contributed by atoms with Gasteiger partial charge in [-0.15, -0.1) is 0 Å². The van der Waals surface area contributed by atoms with E-state index in [1.807, 2.05) is 36.4 Å². The molecule has 148 valence electrons. The molecule has 0 unspecified atom stereocenters. The van der Waals surface area contributed by atoms with Crippen LogP contribution in [0.3, 0.4) is 0 Å². The van der Waals surface area contributed by atoms with Crippen LogP contribution in [0.4, 0.5) is 0 Å². The van der Waals surface area contributed by atoms with Gasteiger partial charge in [-0.2, -0.15) is 0 Å². The van der Waals surface area contributed by atoms with Crippen molar-refractivity contribution in [2.24, 2.45) is 0 Å². The van der Waals surface area contributed by atoms with Gasteiger partial charge in [0.15, 0.2) is 6.61 Å². The maximum Gasteiger partial charge on any atom is 0.258 e. The largest absolute Gasteiger partial charge is 0.483 e. The van der Waals surface area contributed by atoms with Crippen LogP contribution in [0.1, 0.15) is 61.7 Å². The molecule has 0 radical (unpaired) electrons. The Kier molecular flexibility index (Phi) is 5.79. The summed E-state index contributed by atoms with van der Waals surface area (Å²) in [5, 5.41) is 8.09. The van der Waals surface area contributed by atoms with E-state index in [0.29, 0.717) is 17.4 Å². The average Bonchev–Trinajstić information content (AvgIpc) is 3.53. The predicted octanol–water partition coefficient (Wildman–Crippen LogP) is 3.95. The molecule has 2 aliphatic rings. The monoisotopic (exact) mass is 380 g/mol. The fraction of sp³-hybridized carbons (Fsp3) is 0.478. The second-order valence-corrected chi connectivity index (χ2v) is 7.99. The lowest BCUT2D eigenvalue weighted by atomic mass is 10.0. The van der Waals surface area contributed by atoms with E-state index >= 15 is 0 Å². The molecule has 2 saturated carbocycles. The zero-order valence-corrected chi connectivity index (χ0v) is 16.2. The van der Waals surface area contributed by atoms with E-state index in [9.17, 15) is 9.59 Å². The molecule has 0 aromatic heterocycles. The Morgan fingerprint density at radius 3 is 2.18 bits per heavy atom. The Morgan fingerprint density at radius 1 is 0.857 bits per heavy atom. The Bertz CT molecular complexity index is 852. The minimum absolute atomic E-state index is 0.0709. The van der Waals surface area contributed by atoms with E-state index in [2.05, 4.69) is 10.6 Å². The molecule has 2 N–H and O–H groups in total. The van der Waals surface area contributed by atoms with Crippen LogP contribution in [-0.2, 0) is 4.79 Å². The van der Waals surface area contributed by atoms with Gasteiger partial charge in [0.05, 0.1) is 5.56 Å². The quantitative estimate of drug-likeness (QED) is 0.746. The predicted molar refractivity (Wildman–Crippen MR) is 110 cm³/mol. The number of amides is 2. The first-order valence-electron chi connectivity index (χ1n) is 10.4. The Hall–Kier alpha value is -2.56. The van der Waals surface area contributed by atoms with E-state index in [0.717, 1.165) is 49.3 Å². The van der Waals surface area contributed by atoms with Crippen LogP contribution in [0.25, 0.3) is 10.8 Å². The lowest BCUT2D eigenvalue weighted by molar-refractivity contribution is -0.123. The molecule has 2 fully saturated rings. The van der Waals surface area contributed by atoms with Crippen LogP contribution >= 0.6 is 0 Å². The van der Waals surface area contributed by atoms with Gasteiger partial charge in [-0.1, -0.05) is 49.9 Å². The first-order valence-corrected chi connectivity index (χ1v) is 10.4. The number of carbonyl (C=O) groups is 2.